The zero-order chi connectivity index (χ0) is 18.9. The van der Waals surface area contributed by atoms with Gasteiger partial charge in [0.15, 0.2) is 11.6 Å². The number of benzene rings is 1. The first-order chi connectivity index (χ1) is 13.0. The lowest BCUT2D eigenvalue weighted by Crippen LogP contribution is -2.49. The molecule has 0 radical (unpaired) electrons. The molecular formula is C17H17ClN6O2S. The Hall–Kier alpha value is -2.49. The van der Waals surface area contributed by atoms with Gasteiger partial charge in [0.1, 0.15) is 6.33 Å². The summed E-state index contributed by atoms with van der Waals surface area (Å²) in [7, 11) is -3.55. The Morgan fingerprint density at radius 2 is 1.70 bits per heavy atom. The number of aromatic nitrogens is 4. The van der Waals surface area contributed by atoms with Gasteiger partial charge >= 0.3 is 0 Å². The fourth-order valence-electron chi connectivity index (χ4n) is 2.95. The standard InChI is InChI=1S/C17H17ClN6O2S/c18-14-2-1-3-15(12-14)27(25,26)24-10-8-22(9-11-24)16-4-5-17(21-20-16)23-7-6-19-13-23/h1-7,12-13H,8-11H2. The molecule has 0 atom stereocenters. The summed E-state index contributed by atoms with van der Waals surface area (Å²) in [5, 5.41) is 8.87. The van der Waals surface area contributed by atoms with Gasteiger partial charge in [0.25, 0.3) is 0 Å². The van der Waals surface area contributed by atoms with Gasteiger partial charge in [-0.2, -0.15) is 4.31 Å². The van der Waals surface area contributed by atoms with E-state index in [4.69, 9.17) is 11.6 Å². The second kappa shape index (κ2) is 7.26. The third-order valence-corrected chi connectivity index (χ3v) is 6.53. The predicted molar refractivity (Wildman–Crippen MR) is 102 cm³/mol. The van der Waals surface area contributed by atoms with E-state index in [1.165, 1.54) is 10.4 Å². The van der Waals surface area contributed by atoms with Crippen LogP contribution in [0.1, 0.15) is 0 Å². The van der Waals surface area contributed by atoms with Gasteiger partial charge in [-0.3, -0.25) is 4.57 Å². The molecule has 0 amide bonds. The molecule has 1 aliphatic rings. The fourth-order valence-corrected chi connectivity index (χ4v) is 4.68. The molecule has 0 spiro atoms. The van der Waals surface area contributed by atoms with Crippen LogP contribution in [0.25, 0.3) is 5.82 Å². The van der Waals surface area contributed by atoms with Crippen LogP contribution in [0.3, 0.4) is 0 Å². The van der Waals surface area contributed by atoms with E-state index in [0.717, 1.165) is 5.82 Å². The van der Waals surface area contributed by atoms with Crippen molar-refractivity contribution in [3.05, 3.63) is 60.1 Å². The highest BCUT2D eigenvalue weighted by atomic mass is 35.5. The van der Waals surface area contributed by atoms with Crippen LogP contribution >= 0.6 is 11.6 Å². The van der Waals surface area contributed by atoms with Crippen molar-refractivity contribution in [1.82, 2.24) is 24.1 Å². The molecule has 140 valence electrons. The first-order valence-electron chi connectivity index (χ1n) is 8.37. The fraction of sp³-hybridized carbons (Fsp3) is 0.235. The number of rotatable bonds is 4. The van der Waals surface area contributed by atoms with Crippen molar-refractivity contribution in [2.24, 2.45) is 0 Å². The molecule has 0 aliphatic carbocycles. The Kier molecular flexibility index (Phi) is 4.81. The van der Waals surface area contributed by atoms with E-state index in [2.05, 4.69) is 15.2 Å². The van der Waals surface area contributed by atoms with E-state index in [1.54, 1.807) is 41.5 Å². The summed E-state index contributed by atoms with van der Waals surface area (Å²) < 4.78 is 28.8. The van der Waals surface area contributed by atoms with Crippen LogP contribution in [-0.4, -0.2) is 58.7 Å². The maximum absolute atomic E-state index is 12.8. The zero-order valence-corrected chi connectivity index (χ0v) is 15.9. The van der Waals surface area contributed by atoms with E-state index >= 15 is 0 Å². The van der Waals surface area contributed by atoms with Crippen molar-refractivity contribution >= 4 is 27.4 Å². The van der Waals surface area contributed by atoms with Crippen molar-refractivity contribution in [3.8, 4) is 5.82 Å². The van der Waals surface area contributed by atoms with E-state index in [9.17, 15) is 8.42 Å². The summed E-state index contributed by atoms with van der Waals surface area (Å²) in [4.78, 5) is 6.22. The minimum atomic E-state index is -3.55. The van der Waals surface area contributed by atoms with E-state index in [0.29, 0.717) is 37.0 Å². The minimum absolute atomic E-state index is 0.216. The summed E-state index contributed by atoms with van der Waals surface area (Å²) in [5.74, 6) is 1.40. The highest BCUT2D eigenvalue weighted by molar-refractivity contribution is 7.89. The van der Waals surface area contributed by atoms with Crippen molar-refractivity contribution in [2.75, 3.05) is 31.1 Å². The largest absolute Gasteiger partial charge is 0.352 e. The number of hydrogen-bond acceptors (Lipinski definition) is 6. The monoisotopic (exact) mass is 404 g/mol. The Morgan fingerprint density at radius 3 is 2.33 bits per heavy atom. The van der Waals surface area contributed by atoms with Crippen LogP contribution in [0, 0.1) is 0 Å². The van der Waals surface area contributed by atoms with Gasteiger partial charge < -0.3 is 4.90 Å². The van der Waals surface area contributed by atoms with Crippen molar-refractivity contribution in [1.29, 1.82) is 0 Å². The summed E-state index contributed by atoms with van der Waals surface area (Å²) in [6.45, 7) is 1.83. The number of imidazole rings is 1. The summed E-state index contributed by atoms with van der Waals surface area (Å²) >= 11 is 5.93. The molecule has 1 fully saturated rings. The first kappa shape index (κ1) is 17.9. The summed E-state index contributed by atoms with van der Waals surface area (Å²) in [5.41, 5.74) is 0. The number of hydrogen-bond donors (Lipinski definition) is 0. The summed E-state index contributed by atoms with van der Waals surface area (Å²) in [6.07, 6.45) is 5.13. The van der Waals surface area contributed by atoms with Crippen LogP contribution < -0.4 is 4.90 Å². The van der Waals surface area contributed by atoms with Crippen LogP contribution in [-0.2, 0) is 10.0 Å². The molecule has 3 aromatic rings. The van der Waals surface area contributed by atoms with Crippen molar-refractivity contribution < 1.29 is 8.42 Å². The maximum Gasteiger partial charge on any atom is 0.243 e. The molecule has 10 heteroatoms. The van der Waals surface area contributed by atoms with Gasteiger partial charge in [0, 0.05) is 43.6 Å². The third kappa shape index (κ3) is 3.66. The van der Waals surface area contributed by atoms with E-state index < -0.39 is 10.0 Å². The maximum atomic E-state index is 12.8. The SMILES string of the molecule is O=S(=O)(c1cccc(Cl)c1)N1CCN(c2ccc(-n3ccnc3)nn2)CC1. The average Bonchev–Trinajstić information content (AvgIpc) is 3.23. The number of anilines is 1. The predicted octanol–water partition coefficient (Wildman–Crippen LogP) is 1.83. The van der Waals surface area contributed by atoms with Gasteiger partial charge in [-0.1, -0.05) is 17.7 Å². The molecule has 0 N–H and O–H groups in total. The molecule has 1 aliphatic heterocycles. The van der Waals surface area contributed by atoms with Gasteiger partial charge in [0.05, 0.1) is 4.90 Å². The van der Waals surface area contributed by atoms with Gasteiger partial charge in [-0.25, -0.2) is 13.4 Å². The molecule has 2 aromatic heterocycles. The quantitative estimate of drug-likeness (QED) is 0.659. The smallest absolute Gasteiger partial charge is 0.243 e. The number of nitrogens with zero attached hydrogens (tertiary/aromatic N) is 6. The molecule has 27 heavy (non-hydrogen) atoms. The lowest BCUT2D eigenvalue weighted by Gasteiger charge is -2.34. The van der Waals surface area contributed by atoms with Gasteiger partial charge in [-0.15, -0.1) is 10.2 Å². The number of piperazine rings is 1. The Balaban J connectivity index is 1.44. The molecule has 0 saturated carbocycles. The Labute approximate surface area is 162 Å². The molecule has 0 unspecified atom stereocenters. The summed E-state index contributed by atoms with van der Waals surface area (Å²) in [6, 6.07) is 10.1. The van der Waals surface area contributed by atoms with Crippen LogP contribution in [0.5, 0.6) is 0 Å². The van der Waals surface area contributed by atoms with Gasteiger partial charge in [0.2, 0.25) is 10.0 Å². The van der Waals surface area contributed by atoms with Crippen LogP contribution in [0.4, 0.5) is 5.82 Å². The molecule has 4 rings (SSSR count). The highest BCUT2D eigenvalue weighted by Crippen LogP contribution is 2.22. The normalized spacial score (nSPS) is 15.8. The molecule has 3 heterocycles. The molecule has 0 bridgehead atoms. The average molecular weight is 405 g/mol. The zero-order valence-electron chi connectivity index (χ0n) is 14.3. The number of halogens is 1. The Bertz CT molecular complexity index is 1020. The molecular weight excluding hydrogens is 388 g/mol. The second-order valence-electron chi connectivity index (χ2n) is 6.07. The second-order valence-corrected chi connectivity index (χ2v) is 8.44. The lowest BCUT2D eigenvalue weighted by molar-refractivity contribution is 0.383. The number of sulfonamides is 1. The van der Waals surface area contributed by atoms with E-state index in [1.807, 2.05) is 17.0 Å². The molecule has 1 aromatic carbocycles. The third-order valence-electron chi connectivity index (χ3n) is 4.40. The van der Waals surface area contributed by atoms with Crippen LogP contribution in [0.2, 0.25) is 5.02 Å². The molecule has 8 nitrogen and oxygen atoms in total. The van der Waals surface area contributed by atoms with Gasteiger partial charge in [-0.05, 0) is 30.3 Å². The van der Waals surface area contributed by atoms with Crippen LogP contribution in [0.15, 0.2) is 60.0 Å². The van der Waals surface area contributed by atoms with Crippen molar-refractivity contribution in [3.63, 3.8) is 0 Å². The Morgan fingerprint density at radius 1 is 0.963 bits per heavy atom. The molecule has 1 saturated heterocycles. The van der Waals surface area contributed by atoms with Crippen molar-refractivity contribution in [2.45, 2.75) is 4.90 Å². The topological polar surface area (TPSA) is 84.2 Å². The first-order valence-corrected chi connectivity index (χ1v) is 10.2. The lowest BCUT2D eigenvalue weighted by atomic mass is 10.3. The highest BCUT2D eigenvalue weighted by Gasteiger charge is 2.29. The van der Waals surface area contributed by atoms with E-state index in [-0.39, 0.29) is 4.90 Å². The minimum Gasteiger partial charge on any atom is -0.352 e.